The summed E-state index contributed by atoms with van der Waals surface area (Å²) in [4.78, 5) is 23.1. The molecule has 2 aliphatic rings. The zero-order valence-corrected chi connectivity index (χ0v) is 10.6. The van der Waals surface area contributed by atoms with Gasteiger partial charge in [-0.2, -0.15) is 0 Å². The largest absolute Gasteiger partial charge is 0.481 e. The molecule has 0 aromatic carbocycles. The van der Waals surface area contributed by atoms with Gasteiger partial charge in [-0.25, -0.2) is 0 Å². The van der Waals surface area contributed by atoms with Gasteiger partial charge in [-0.3, -0.25) is 9.59 Å². The zero-order valence-electron chi connectivity index (χ0n) is 10.6. The summed E-state index contributed by atoms with van der Waals surface area (Å²) < 4.78 is 5.35. The summed E-state index contributed by atoms with van der Waals surface area (Å²) in [7, 11) is 0. The van der Waals surface area contributed by atoms with Crippen LogP contribution in [0.25, 0.3) is 0 Å². The lowest BCUT2D eigenvalue weighted by Crippen LogP contribution is -2.53. The minimum Gasteiger partial charge on any atom is -0.481 e. The molecule has 5 heteroatoms. The van der Waals surface area contributed by atoms with Crippen molar-refractivity contribution in [2.24, 2.45) is 0 Å². The molecule has 1 aliphatic heterocycles. The number of carbonyl (C=O) groups is 2. The predicted molar refractivity (Wildman–Crippen MR) is 65.2 cm³/mol. The smallest absolute Gasteiger partial charge is 0.305 e. The van der Waals surface area contributed by atoms with Crippen LogP contribution in [-0.2, 0) is 14.3 Å². The number of carbonyl (C=O) groups excluding carboxylic acids is 1. The van der Waals surface area contributed by atoms with E-state index in [-0.39, 0.29) is 18.4 Å². The standard InChI is InChI=1S/C13H21NO4/c15-11(16)9-13(6-2-1-3-7-13)14-12(17)10-5-4-8-18-10/h10H,1-9H2,(H,14,17)(H,15,16)/t10-/m1/s1. The fourth-order valence-electron chi connectivity index (χ4n) is 2.99. The first-order valence-corrected chi connectivity index (χ1v) is 6.77. The van der Waals surface area contributed by atoms with E-state index in [0.29, 0.717) is 6.61 Å². The van der Waals surface area contributed by atoms with E-state index >= 15 is 0 Å². The second-order valence-electron chi connectivity index (χ2n) is 5.40. The van der Waals surface area contributed by atoms with Gasteiger partial charge in [0.15, 0.2) is 0 Å². The Morgan fingerprint density at radius 1 is 1.22 bits per heavy atom. The number of carboxylic acids is 1. The Morgan fingerprint density at radius 3 is 2.50 bits per heavy atom. The van der Waals surface area contributed by atoms with Crippen LogP contribution in [0, 0.1) is 0 Å². The number of hydrogen-bond acceptors (Lipinski definition) is 3. The van der Waals surface area contributed by atoms with Crippen LogP contribution in [0.1, 0.15) is 51.4 Å². The second-order valence-corrected chi connectivity index (χ2v) is 5.40. The van der Waals surface area contributed by atoms with Gasteiger partial charge in [0, 0.05) is 6.61 Å². The highest BCUT2D eigenvalue weighted by Crippen LogP contribution is 2.31. The predicted octanol–water partition coefficient (Wildman–Crippen LogP) is 1.46. The van der Waals surface area contributed by atoms with Crippen LogP contribution < -0.4 is 5.32 Å². The van der Waals surface area contributed by atoms with Crippen molar-refractivity contribution in [1.82, 2.24) is 5.32 Å². The van der Waals surface area contributed by atoms with Gasteiger partial charge in [0.1, 0.15) is 6.10 Å². The molecule has 5 nitrogen and oxygen atoms in total. The van der Waals surface area contributed by atoms with Gasteiger partial charge >= 0.3 is 5.97 Å². The number of carboxylic acid groups (broad SMARTS) is 1. The van der Waals surface area contributed by atoms with E-state index in [1.807, 2.05) is 0 Å². The maximum Gasteiger partial charge on any atom is 0.305 e. The average Bonchev–Trinajstić information content (AvgIpc) is 2.82. The normalized spacial score (nSPS) is 26.8. The number of rotatable bonds is 4. The molecule has 1 aliphatic carbocycles. The van der Waals surface area contributed by atoms with Crippen molar-refractivity contribution in [3.63, 3.8) is 0 Å². The van der Waals surface area contributed by atoms with E-state index in [1.54, 1.807) is 0 Å². The molecular weight excluding hydrogens is 234 g/mol. The number of aliphatic carboxylic acids is 1. The number of ether oxygens (including phenoxy) is 1. The SMILES string of the molecule is O=C(O)CC1(NC(=O)[C@H]2CCCO2)CCCCC1. The Bertz CT molecular complexity index is 317. The monoisotopic (exact) mass is 255 g/mol. The lowest BCUT2D eigenvalue weighted by atomic mass is 9.79. The molecular formula is C13H21NO4. The van der Waals surface area contributed by atoms with Gasteiger partial charge in [-0.1, -0.05) is 19.3 Å². The summed E-state index contributed by atoms with van der Waals surface area (Å²) in [6.07, 6.45) is 5.91. The Morgan fingerprint density at radius 2 is 1.94 bits per heavy atom. The molecule has 0 spiro atoms. The van der Waals surface area contributed by atoms with E-state index in [4.69, 9.17) is 9.84 Å². The first-order chi connectivity index (χ1) is 8.61. The lowest BCUT2D eigenvalue weighted by Gasteiger charge is -2.37. The fraction of sp³-hybridized carbons (Fsp3) is 0.846. The first-order valence-electron chi connectivity index (χ1n) is 6.77. The molecule has 1 saturated heterocycles. The molecule has 0 unspecified atom stereocenters. The van der Waals surface area contributed by atoms with Gasteiger partial charge in [0.05, 0.1) is 12.0 Å². The van der Waals surface area contributed by atoms with E-state index < -0.39 is 11.5 Å². The molecule has 1 atom stereocenters. The van der Waals surface area contributed by atoms with E-state index in [2.05, 4.69) is 5.32 Å². The van der Waals surface area contributed by atoms with Crippen LogP contribution in [0.5, 0.6) is 0 Å². The summed E-state index contributed by atoms with van der Waals surface area (Å²) in [6, 6.07) is 0. The van der Waals surface area contributed by atoms with Crippen molar-refractivity contribution in [3.8, 4) is 0 Å². The molecule has 1 heterocycles. The number of amides is 1. The van der Waals surface area contributed by atoms with Crippen molar-refractivity contribution in [2.75, 3.05) is 6.61 Å². The van der Waals surface area contributed by atoms with Crippen LogP contribution in [0.3, 0.4) is 0 Å². The van der Waals surface area contributed by atoms with Gasteiger partial charge in [-0.15, -0.1) is 0 Å². The summed E-state index contributed by atoms with van der Waals surface area (Å²) in [5, 5.41) is 12.0. The maximum atomic E-state index is 12.1. The molecule has 0 aromatic rings. The molecule has 2 fully saturated rings. The Hall–Kier alpha value is -1.10. The second kappa shape index (κ2) is 5.69. The highest BCUT2D eigenvalue weighted by Gasteiger charge is 2.38. The van der Waals surface area contributed by atoms with Crippen LogP contribution in [0.15, 0.2) is 0 Å². The average molecular weight is 255 g/mol. The van der Waals surface area contributed by atoms with Crippen LogP contribution in [0.4, 0.5) is 0 Å². The number of nitrogens with one attached hydrogen (secondary N) is 1. The molecule has 1 amide bonds. The summed E-state index contributed by atoms with van der Waals surface area (Å²) >= 11 is 0. The third kappa shape index (κ3) is 3.22. The van der Waals surface area contributed by atoms with Crippen LogP contribution in [0.2, 0.25) is 0 Å². The summed E-state index contributed by atoms with van der Waals surface area (Å²) in [6.45, 7) is 0.629. The van der Waals surface area contributed by atoms with E-state index in [9.17, 15) is 9.59 Å². The van der Waals surface area contributed by atoms with Gasteiger partial charge in [-0.05, 0) is 25.7 Å². The molecule has 1 saturated carbocycles. The molecule has 102 valence electrons. The Labute approximate surface area is 107 Å². The van der Waals surface area contributed by atoms with Crippen molar-refractivity contribution in [1.29, 1.82) is 0 Å². The minimum atomic E-state index is -0.843. The van der Waals surface area contributed by atoms with Gasteiger partial charge in [0.2, 0.25) is 5.91 Å². The summed E-state index contributed by atoms with van der Waals surface area (Å²) in [5.74, 6) is -0.972. The first kappa shape index (κ1) is 13.3. The molecule has 0 aromatic heterocycles. The molecule has 2 rings (SSSR count). The van der Waals surface area contributed by atoms with E-state index in [0.717, 1.165) is 44.9 Å². The Kier molecular flexibility index (Phi) is 4.22. The molecule has 0 bridgehead atoms. The van der Waals surface area contributed by atoms with Gasteiger partial charge in [0.25, 0.3) is 0 Å². The van der Waals surface area contributed by atoms with E-state index in [1.165, 1.54) is 0 Å². The van der Waals surface area contributed by atoms with Crippen molar-refractivity contribution in [2.45, 2.75) is 63.0 Å². The highest BCUT2D eigenvalue weighted by atomic mass is 16.5. The fourth-order valence-corrected chi connectivity index (χ4v) is 2.99. The third-order valence-corrected chi connectivity index (χ3v) is 3.91. The summed E-state index contributed by atoms with van der Waals surface area (Å²) in [5.41, 5.74) is -0.548. The van der Waals surface area contributed by atoms with Crippen molar-refractivity contribution >= 4 is 11.9 Å². The molecule has 18 heavy (non-hydrogen) atoms. The van der Waals surface area contributed by atoms with Crippen molar-refractivity contribution in [3.05, 3.63) is 0 Å². The highest BCUT2D eigenvalue weighted by molar-refractivity contribution is 5.82. The third-order valence-electron chi connectivity index (χ3n) is 3.91. The van der Waals surface area contributed by atoms with Crippen molar-refractivity contribution < 1.29 is 19.4 Å². The molecule has 2 N–H and O–H groups in total. The topological polar surface area (TPSA) is 75.6 Å². The quantitative estimate of drug-likeness (QED) is 0.797. The minimum absolute atomic E-state index is 0.0193. The lowest BCUT2D eigenvalue weighted by molar-refractivity contribution is -0.140. The molecule has 0 radical (unpaired) electrons. The Balaban J connectivity index is 1.99. The van der Waals surface area contributed by atoms with Gasteiger partial charge < -0.3 is 15.2 Å². The number of hydrogen-bond donors (Lipinski definition) is 2. The van der Waals surface area contributed by atoms with Crippen LogP contribution in [-0.4, -0.2) is 35.2 Å². The van der Waals surface area contributed by atoms with Crippen LogP contribution >= 0.6 is 0 Å². The maximum absolute atomic E-state index is 12.1. The zero-order chi connectivity index (χ0) is 13.0.